The Labute approximate surface area is 178 Å². The van der Waals surface area contributed by atoms with E-state index in [1.165, 1.54) is 31.2 Å². The smallest absolute Gasteiger partial charge is 0.255 e. The molecule has 2 saturated heterocycles. The highest BCUT2D eigenvalue weighted by Crippen LogP contribution is 2.37. The Morgan fingerprint density at radius 1 is 1.03 bits per heavy atom. The van der Waals surface area contributed by atoms with E-state index in [4.69, 9.17) is 4.98 Å². The lowest BCUT2D eigenvalue weighted by Crippen LogP contribution is -2.48. The third-order valence-corrected chi connectivity index (χ3v) is 6.69. The molecule has 4 nitrogen and oxygen atoms in total. The minimum absolute atomic E-state index is 0.0775. The van der Waals surface area contributed by atoms with E-state index in [1.807, 2.05) is 42.5 Å². The van der Waals surface area contributed by atoms with E-state index >= 15 is 0 Å². The average molecular weight is 400 g/mol. The predicted octanol–water partition coefficient (Wildman–Crippen LogP) is 5.82. The topological polar surface area (TPSA) is 45.2 Å². The van der Waals surface area contributed by atoms with E-state index in [9.17, 15) is 4.79 Å². The van der Waals surface area contributed by atoms with Gasteiger partial charge in [-0.2, -0.15) is 0 Å². The van der Waals surface area contributed by atoms with Crippen LogP contribution in [0.2, 0.25) is 0 Å². The van der Waals surface area contributed by atoms with Crippen molar-refractivity contribution in [2.75, 3.05) is 16.8 Å². The summed E-state index contributed by atoms with van der Waals surface area (Å²) in [5.74, 6) is 1.85. The molecule has 1 aromatic heterocycles. The Hall–Kier alpha value is -2.88. The number of aryl methyl sites for hydroxylation is 1. The summed E-state index contributed by atoms with van der Waals surface area (Å²) < 4.78 is 0. The number of anilines is 2. The molecule has 1 aliphatic carbocycles. The summed E-state index contributed by atoms with van der Waals surface area (Å²) in [7, 11) is 0. The molecule has 2 bridgehead atoms. The minimum atomic E-state index is -0.0775. The second-order valence-electron chi connectivity index (χ2n) is 8.80. The van der Waals surface area contributed by atoms with Crippen molar-refractivity contribution in [1.82, 2.24) is 4.98 Å². The number of amides is 1. The van der Waals surface area contributed by atoms with Gasteiger partial charge in [0.15, 0.2) is 0 Å². The second-order valence-corrected chi connectivity index (χ2v) is 8.80. The van der Waals surface area contributed by atoms with Gasteiger partial charge in [0.1, 0.15) is 5.82 Å². The normalized spacial score (nSPS) is 20.5. The standard InChI is InChI=1S/C26H29N3O/c1-2-3-18-4-8-20(9-5-18)26(30)27-22-11-14-24-21(16-22)10-15-25(28-24)29-17-19-6-12-23(29)13-7-19/h4-5,8-11,14-16,19,23H,2-3,6-7,12-13,17H2,1H3,(H,27,30). The summed E-state index contributed by atoms with van der Waals surface area (Å²) in [6.07, 6.45) is 7.50. The molecule has 154 valence electrons. The van der Waals surface area contributed by atoms with Crippen LogP contribution in [-0.4, -0.2) is 23.5 Å². The fourth-order valence-electron chi connectivity index (χ4n) is 5.01. The molecule has 3 aliphatic rings. The fourth-order valence-corrected chi connectivity index (χ4v) is 5.01. The van der Waals surface area contributed by atoms with Crippen LogP contribution in [0, 0.1) is 5.92 Å². The van der Waals surface area contributed by atoms with Crippen molar-refractivity contribution in [2.45, 2.75) is 51.5 Å². The Morgan fingerprint density at radius 3 is 2.53 bits per heavy atom. The monoisotopic (exact) mass is 399 g/mol. The second kappa shape index (κ2) is 8.10. The van der Waals surface area contributed by atoms with Crippen LogP contribution in [0.3, 0.4) is 0 Å². The summed E-state index contributed by atoms with van der Waals surface area (Å²) in [4.78, 5) is 20.1. The highest BCUT2D eigenvalue weighted by Gasteiger charge is 2.34. The maximum Gasteiger partial charge on any atom is 0.255 e. The molecule has 0 radical (unpaired) electrons. The zero-order valence-corrected chi connectivity index (χ0v) is 17.6. The van der Waals surface area contributed by atoms with Gasteiger partial charge in [0, 0.05) is 29.2 Å². The molecule has 3 aromatic rings. The number of aromatic nitrogens is 1. The lowest BCUT2D eigenvalue weighted by atomic mass is 9.80. The van der Waals surface area contributed by atoms with E-state index in [0.29, 0.717) is 11.6 Å². The third-order valence-electron chi connectivity index (χ3n) is 6.69. The SMILES string of the molecule is CCCc1ccc(C(=O)Nc2ccc3nc(N4CC5CCC4CC5)ccc3c2)cc1. The van der Waals surface area contributed by atoms with E-state index in [1.54, 1.807) is 0 Å². The predicted molar refractivity (Wildman–Crippen MR) is 123 cm³/mol. The number of hydrogen-bond donors (Lipinski definition) is 1. The number of carbonyl (C=O) groups is 1. The summed E-state index contributed by atoms with van der Waals surface area (Å²) in [6.45, 7) is 3.31. The first-order valence-electron chi connectivity index (χ1n) is 11.3. The van der Waals surface area contributed by atoms with Crippen LogP contribution in [-0.2, 0) is 6.42 Å². The average Bonchev–Trinajstić information content (AvgIpc) is 2.80. The van der Waals surface area contributed by atoms with Crippen LogP contribution in [0.1, 0.15) is 54.9 Å². The van der Waals surface area contributed by atoms with Crippen molar-refractivity contribution in [3.05, 3.63) is 65.7 Å². The molecule has 1 amide bonds. The number of piperidine rings is 2. The van der Waals surface area contributed by atoms with Gasteiger partial charge in [-0.3, -0.25) is 4.79 Å². The van der Waals surface area contributed by atoms with Crippen molar-refractivity contribution < 1.29 is 4.79 Å². The van der Waals surface area contributed by atoms with E-state index < -0.39 is 0 Å². The molecular weight excluding hydrogens is 370 g/mol. The summed E-state index contributed by atoms with van der Waals surface area (Å²) in [6, 6.07) is 18.8. The molecule has 6 rings (SSSR count). The van der Waals surface area contributed by atoms with Gasteiger partial charge in [-0.05, 0) is 86.1 Å². The van der Waals surface area contributed by atoms with Gasteiger partial charge in [-0.15, -0.1) is 0 Å². The first-order chi connectivity index (χ1) is 14.7. The maximum atomic E-state index is 12.6. The first kappa shape index (κ1) is 19.1. The summed E-state index contributed by atoms with van der Waals surface area (Å²) >= 11 is 0. The highest BCUT2D eigenvalue weighted by atomic mass is 16.1. The molecule has 0 spiro atoms. The van der Waals surface area contributed by atoms with Gasteiger partial charge in [-0.25, -0.2) is 4.98 Å². The molecule has 2 aromatic carbocycles. The lowest BCUT2D eigenvalue weighted by Gasteiger charge is -2.46. The van der Waals surface area contributed by atoms with E-state index in [-0.39, 0.29) is 5.91 Å². The number of nitrogens with one attached hydrogen (secondary N) is 1. The summed E-state index contributed by atoms with van der Waals surface area (Å²) in [5.41, 5.74) is 3.74. The largest absolute Gasteiger partial charge is 0.353 e. The van der Waals surface area contributed by atoms with Gasteiger partial charge in [0.05, 0.1) is 5.52 Å². The number of nitrogens with zero attached hydrogens (tertiary/aromatic N) is 2. The Morgan fingerprint density at radius 2 is 1.83 bits per heavy atom. The number of hydrogen-bond acceptors (Lipinski definition) is 3. The molecule has 0 unspecified atom stereocenters. The number of pyridine rings is 1. The van der Waals surface area contributed by atoms with Crippen LogP contribution in [0.5, 0.6) is 0 Å². The molecule has 3 heterocycles. The van der Waals surface area contributed by atoms with Crippen molar-refractivity contribution in [3.8, 4) is 0 Å². The zero-order chi connectivity index (χ0) is 20.5. The van der Waals surface area contributed by atoms with Crippen molar-refractivity contribution in [3.63, 3.8) is 0 Å². The highest BCUT2D eigenvalue weighted by molar-refractivity contribution is 6.05. The van der Waals surface area contributed by atoms with Crippen molar-refractivity contribution in [1.29, 1.82) is 0 Å². The number of benzene rings is 2. The number of rotatable bonds is 5. The van der Waals surface area contributed by atoms with E-state index in [2.05, 4.69) is 29.3 Å². The van der Waals surface area contributed by atoms with Crippen LogP contribution in [0.4, 0.5) is 11.5 Å². The van der Waals surface area contributed by atoms with Crippen LogP contribution in [0.15, 0.2) is 54.6 Å². The van der Waals surface area contributed by atoms with Crippen molar-refractivity contribution in [2.24, 2.45) is 5.92 Å². The molecule has 0 atom stereocenters. The van der Waals surface area contributed by atoms with Crippen molar-refractivity contribution >= 4 is 28.3 Å². The molecule has 4 heteroatoms. The van der Waals surface area contributed by atoms with Gasteiger partial charge in [0.2, 0.25) is 0 Å². The van der Waals surface area contributed by atoms with Crippen LogP contribution >= 0.6 is 0 Å². The maximum absolute atomic E-state index is 12.6. The fraction of sp³-hybridized carbons (Fsp3) is 0.385. The quantitative estimate of drug-likeness (QED) is 0.588. The van der Waals surface area contributed by atoms with Crippen LogP contribution in [0.25, 0.3) is 10.9 Å². The molecule has 1 saturated carbocycles. The molecule has 2 aliphatic heterocycles. The lowest BCUT2D eigenvalue weighted by molar-refractivity contribution is 0.102. The third kappa shape index (κ3) is 3.79. The van der Waals surface area contributed by atoms with Gasteiger partial charge >= 0.3 is 0 Å². The zero-order valence-electron chi connectivity index (χ0n) is 17.6. The Balaban J connectivity index is 1.32. The molecule has 30 heavy (non-hydrogen) atoms. The summed E-state index contributed by atoms with van der Waals surface area (Å²) in [5, 5.41) is 4.08. The first-order valence-corrected chi connectivity index (χ1v) is 11.3. The molecule has 1 N–H and O–H groups in total. The van der Waals surface area contributed by atoms with Gasteiger partial charge in [0.25, 0.3) is 5.91 Å². The molecule has 3 fully saturated rings. The Kier molecular flexibility index (Phi) is 5.16. The van der Waals surface area contributed by atoms with E-state index in [0.717, 1.165) is 47.7 Å². The van der Waals surface area contributed by atoms with Gasteiger partial charge in [-0.1, -0.05) is 25.5 Å². The number of carbonyl (C=O) groups excluding carboxylic acids is 1. The number of fused-ring (bicyclic) bond motifs is 4. The molecular formula is C26H29N3O. The van der Waals surface area contributed by atoms with Gasteiger partial charge < -0.3 is 10.2 Å². The Bertz CT molecular complexity index is 1050. The minimum Gasteiger partial charge on any atom is -0.353 e. The van der Waals surface area contributed by atoms with Crippen LogP contribution < -0.4 is 10.2 Å².